The number of hydrogen-bond donors (Lipinski definition) is 3. The van der Waals surface area contributed by atoms with Gasteiger partial charge in [0.25, 0.3) is 0 Å². The van der Waals surface area contributed by atoms with Crippen LogP contribution in [0.3, 0.4) is 0 Å². The third kappa shape index (κ3) is 3.26. The quantitative estimate of drug-likeness (QED) is 0.527. The normalized spacial score (nSPS) is 10.6. The predicted molar refractivity (Wildman–Crippen MR) is 69.8 cm³/mol. The lowest BCUT2D eigenvalue weighted by atomic mass is 10.2. The second-order valence-electron chi connectivity index (χ2n) is 3.12. The van der Waals surface area contributed by atoms with Gasteiger partial charge in [-0.15, -0.1) is 0 Å². The zero-order valence-corrected chi connectivity index (χ0v) is 10.3. The zero-order chi connectivity index (χ0) is 13.7. The van der Waals surface area contributed by atoms with Gasteiger partial charge in [0.05, 0.1) is 23.4 Å². The van der Waals surface area contributed by atoms with Gasteiger partial charge in [0, 0.05) is 6.07 Å². The number of ether oxygens (including phenoxy) is 1. The molecule has 0 aliphatic rings. The molecule has 0 aliphatic heterocycles. The average molecular weight is 267 g/mol. The van der Waals surface area contributed by atoms with Gasteiger partial charge in [-0.25, -0.2) is 4.99 Å². The number of methoxy groups -OCH3 is 1. The molecule has 0 saturated carbocycles. The molecule has 0 bridgehead atoms. The maximum atomic E-state index is 8.96. The van der Waals surface area contributed by atoms with Crippen LogP contribution in [0.15, 0.2) is 22.1 Å². The highest BCUT2D eigenvalue weighted by Gasteiger charge is 2.09. The lowest BCUT2D eigenvalue weighted by Gasteiger charge is -2.05. The molecule has 94 valence electrons. The SMILES string of the molecule is COc1cc(N=C(N)N=C(N)N)c(C#N)cc1Cl. The van der Waals surface area contributed by atoms with Gasteiger partial charge in [-0.3, -0.25) is 0 Å². The van der Waals surface area contributed by atoms with Gasteiger partial charge in [-0.1, -0.05) is 11.6 Å². The van der Waals surface area contributed by atoms with Crippen LogP contribution >= 0.6 is 11.6 Å². The first-order chi connectivity index (χ1) is 8.47. The van der Waals surface area contributed by atoms with Crippen LogP contribution in [0.25, 0.3) is 0 Å². The Kier molecular flexibility index (Phi) is 4.34. The first-order valence-corrected chi connectivity index (χ1v) is 5.07. The summed E-state index contributed by atoms with van der Waals surface area (Å²) in [5.74, 6) is -0.0292. The number of hydrogen-bond acceptors (Lipinski definition) is 3. The molecule has 8 heteroatoms. The third-order valence-electron chi connectivity index (χ3n) is 1.87. The van der Waals surface area contributed by atoms with Crippen molar-refractivity contribution in [1.29, 1.82) is 5.26 Å². The monoisotopic (exact) mass is 266 g/mol. The molecule has 18 heavy (non-hydrogen) atoms. The average Bonchev–Trinajstić information content (AvgIpc) is 2.29. The van der Waals surface area contributed by atoms with E-state index in [0.717, 1.165) is 0 Å². The summed E-state index contributed by atoms with van der Waals surface area (Å²) < 4.78 is 5.01. The summed E-state index contributed by atoms with van der Waals surface area (Å²) in [6.45, 7) is 0. The Morgan fingerprint density at radius 3 is 2.56 bits per heavy atom. The molecule has 0 spiro atoms. The highest BCUT2D eigenvalue weighted by Crippen LogP contribution is 2.32. The number of rotatable bonds is 2. The van der Waals surface area contributed by atoms with E-state index in [9.17, 15) is 0 Å². The Bertz CT molecular complexity index is 556. The van der Waals surface area contributed by atoms with Crippen LogP contribution < -0.4 is 21.9 Å². The Hall–Kier alpha value is -2.46. The van der Waals surface area contributed by atoms with Crippen molar-refractivity contribution < 1.29 is 4.74 Å². The van der Waals surface area contributed by atoms with Crippen molar-refractivity contribution in [2.24, 2.45) is 27.2 Å². The Morgan fingerprint density at radius 1 is 1.39 bits per heavy atom. The molecule has 0 heterocycles. The van der Waals surface area contributed by atoms with Crippen LogP contribution in [0.1, 0.15) is 5.56 Å². The molecule has 1 rings (SSSR count). The third-order valence-corrected chi connectivity index (χ3v) is 2.16. The fourth-order valence-corrected chi connectivity index (χ4v) is 1.40. The molecule has 7 nitrogen and oxygen atoms in total. The second-order valence-corrected chi connectivity index (χ2v) is 3.53. The van der Waals surface area contributed by atoms with E-state index in [1.807, 2.05) is 6.07 Å². The molecule has 0 aliphatic carbocycles. The minimum absolute atomic E-state index is 0.170. The number of nitrogens with zero attached hydrogens (tertiary/aromatic N) is 3. The number of halogens is 1. The summed E-state index contributed by atoms with van der Waals surface area (Å²) in [7, 11) is 1.44. The largest absolute Gasteiger partial charge is 0.495 e. The van der Waals surface area contributed by atoms with E-state index >= 15 is 0 Å². The topological polar surface area (TPSA) is 136 Å². The second kappa shape index (κ2) is 5.75. The molecule has 6 N–H and O–H groups in total. The van der Waals surface area contributed by atoms with Gasteiger partial charge in [0.2, 0.25) is 5.96 Å². The first-order valence-electron chi connectivity index (χ1n) is 4.69. The van der Waals surface area contributed by atoms with Crippen molar-refractivity contribution in [2.75, 3.05) is 7.11 Å². The van der Waals surface area contributed by atoms with Crippen LogP contribution in [0.2, 0.25) is 5.02 Å². The van der Waals surface area contributed by atoms with Gasteiger partial charge in [0.15, 0.2) is 5.96 Å². The molecule has 0 radical (unpaired) electrons. The van der Waals surface area contributed by atoms with Crippen LogP contribution in [0.4, 0.5) is 5.69 Å². The number of benzene rings is 1. The summed E-state index contributed by atoms with van der Waals surface area (Å²) in [6.07, 6.45) is 0. The molecule has 1 aromatic rings. The van der Waals surface area contributed by atoms with E-state index in [0.29, 0.717) is 10.8 Å². The molecule has 0 fully saturated rings. The van der Waals surface area contributed by atoms with Gasteiger partial charge < -0.3 is 21.9 Å². The molecule has 0 amide bonds. The van der Waals surface area contributed by atoms with Crippen molar-refractivity contribution in [2.45, 2.75) is 0 Å². The van der Waals surface area contributed by atoms with Crippen molar-refractivity contribution in [3.05, 3.63) is 22.7 Å². The molecular weight excluding hydrogens is 256 g/mol. The van der Waals surface area contributed by atoms with E-state index in [2.05, 4.69) is 9.98 Å². The van der Waals surface area contributed by atoms with E-state index in [1.54, 1.807) is 0 Å². The van der Waals surface area contributed by atoms with Crippen LogP contribution in [-0.2, 0) is 0 Å². The van der Waals surface area contributed by atoms with Crippen molar-refractivity contribution in [3.8, 4) is 11.8 Å². The smallest absolute Gasteiger partial charge is 0.223 e. The fraction of sp³-hybridized carbons (Fsp3) is 0.100. The van der Waals surface area contributed by atoms with Crippen LogP contribution in [-0.4, -0.2) is 19.0 Å². The standard InChI is InChI=1S/C10H11ClN6O/c1-18-8-3-7(5(4-12)2-6(8)11)16-10(15)17-9(13)14/h2-3H,1H3,(H6,13,14,15,16,17). The van der Waals surface area contributed by atoms with Crippen molar-refractivity contribution in [3.63, 3.8) is 0 Å². The lowest BCUT2D eigenvalue weighted by molar-refractivity contribution is 0.415. The minimum atomic E-state index is -0.226. The Labute approximate surface area is 109 Å². The number of nitrogens with two attached hydrogens (primary N) is 3. The van der Waals surface area contributed by atoms with Crippen molar-refractivity contribution >= 4 is 29.2 Å². The summed E-state index contributed by atoms with van der Waals surface area (Å²) in [5.41, 5.74) is 16.3. The van der Waals surface area contributed by atoms with E-state index in [1.165, 1.54) is 19.2 Å². The maximum absolute atomic E-state index is 8.96. The first kappa shape index (κ1) is 13.6. The van der Waals surface area contributed by atoms with Crippen LogP contribution in [0, 0.1) is 11.3 Å². The highest BCUT2D eigenvalue weighted by molar-refractivity contribution is 6.32. The van der Waals surface area contributed by atoms with Crippen molar-refractivity contribution in [1.82, 2.24) is 0 Å². The predicted octanol–water partition coefficient (Wildman–Crippen LogP) is 0.440. The number of guanidine groups is 2. The lowest BCUT2D eigenvalue weighted by Crippen LogP contribution is -2.26. The highest BCUT2D eigenvalue weighted by atomic mass is 35.5. The summed E-state index contributed by atoms with van der Waals surface area (Å²) in [4.78, 5) is 7.45. The minimum Gasteiger partial charge on any atom is -0.495 e. The molecular formula is C10H11ClN6O. The number of nitriles is 1. The van der Waals surface area contributed by atoms with Gasteiger partial charge >= 0.3 is 0 Å². The molecule has 0 unspecified atom stereocenters. The van der Waals surface area contributed by atoms with Gasteiger partial charge in [0.1, 0.15) is 11.8 Å². The molecule has 0 atom stereocenters. The molecule has 0 saturated heterocycles. The maximum Gasteiger partial charge on any atom is 0.223 e. The van der Waals surface area contributed by atoms with Gasteiger partial charge in [-0.05, 0) is 6.07 Å². The van der Waals surface area contributed by atoms with E-state index in [4.69, 9.17) is 38.8 Å². The van der Waals surface area contributed by atoms with Gasteiger partial charge in [-0.2, -0.15) is 10.3 Å². The summed E-state index contributed by atoms with van der Waals surface area (Å²) in [5, 5.41) is 9.26. The van der Waals surface area contributed by atoms with E-state index in [-0.39, 0.29) is 23.2 Å². The summed E-state index contributed by atoms with van der Waals surface area (Å²) in [6, 6.07) is 4.82. The van der Waals surface area contributed by atoms with Crippen LogP contribution in [0.5, 0.6) is 5.75 Å². The molecule has 0 aromatic heterocycles. The van der Waals surface area contributed by atoms with E-state index < -0.39 is 0 Å². The molecule has 1 aromatic carbocycles. The fourth-order valence-electron chi connectivity index (χ4n) is 1.16. The number of aliphatic imine (C=N–C) groups is 2. The zero-order valence-electron chi connectivity index (χ0n) is 9.51. The Balaban J connectivity index is 3.32. The Morgan fingerprint density at radius 2 is 2.06 bits per heavy atom. The summed E-state index contributed by atoms with van der Waals surface area (Å²) >= 11 is 5.88.